The molecule has 2 aromatic heterocycles. The maximum Gasteiger partial charge on any atom is 0.316 e. The molecule has 6 heteroatoms. The van der Waals surface area contributed by atoms with Gasteiger partial charge in [0, 0.05) is 12.4 Å². The lowest BCUT2D eigenvalue weighted by Crippen LogP contribution is -2.03. The number of hydrogen-bond donors (Lipinski definition) is 0. The summed E-state index contributed by atoms with van der Waals surface area (Å²) in [6.07, 6.45) is 6.92. The molecule has 78 valence electrons. The summed E-state index contributed by atoms with van der Waals surface area (Å²) in [5.74, 6) is 0.00333. The van der Waals surface area contributed by atoms with Gasteiger partial charge in [0.15, 0.2) is 5.16 Å². The third-order valence-electron chi connectivity index (χ3n) is 1.85. The Labute approximate surface area is 90.5 Å². The summed E-state index contributed by atoms with van der Waals surface area (Å²) in [6.45, 7) is 0. The second-order valence-electron chi connectivity index (χ2n) is 2.78. The zero-order valence-electron chi connectivity index (χ0n) is 8.08. The maximum atomic E-state index is 11.0. The van der Waals surface area contributed by atoms with Crippen molar-refractivity contribution >= 4 is 23.2 Å². The molecule has 2 aromatic rings. The summed E-state index contributed by atoms with van der Waals surface area (Å²) >= 11 is 1.34. The second kappa shape index (κ2) is 4.31. The molecule has 0 saturated heterocycles. The van der Waals surface area contributed by atoms with Crippen LogP contribution in [0.5, 0.6) is 0 Å². The minimum atomic E-state index is -0.259. The minimum absolute atomic E-state index is 0.259. The van der Waals surface area contributed by atoms with Gasteiger partial charge in [0.05, 0.1) is 30.8 Å². The number of carbonyl (C=O) groups excluding carboxylic acids is 1. The molecule has 0 aliphatic heterocycles. The number of ether oxygens (including phenoxy) is 1. The lowest BCUT2D eigenvalue weighted by molar-refractivity contribution is -0.137. The highest BCUT2D eigenvalue weighted by molar-refractivity contribution is 7.99. The number of carbonyl (C=O) groups is 1. The van der Waals surface area contributed by atoms with Crippen LogP contribution in [-0.4, -0.2) is 33.2 Å². The zero-order chi connectivity index (χ0) is 10.7. The summed E-state index contributed by atoms with van der Waals surface area (Å²) in [4.78, 5) is 19.1. The van der Waals surface area contributed by atoms with E-state index in [0.29, 0.717) is 0 Å². The molecule has 0 unspecified atom stereocenters. The normalized spacial score (nSPS) is 10.5. The van der Waals surface area contributed by atoms with E-state index in [0.717, 1.165) is 10.7 Å². The smallest absolute Gasteiger partial charge is 0.316 e. The van der Waals surface area contributed by atoms with E-state index in [4.69, 9.17) is 0 Å². The minimum Gasteiger partial charge on any atom is -0.468 e. The SMILES string of the molecule is COC(=O)CSc1ncc2cnccn12. The Morgan fingerprint density at radius 3 is 3.27 bits per heavy atom. The van der Waals surface area contributed by atoms with Gasteiger partial charge in [-0.05, 0) is 0 Å². The molecule has 0 fully saturated rings. The third kappa shape index (κ3) is 2.10. The van der Waals surface area contributed by atoms with E-state index >= 15 is 0 Å². The molecule has 2 rings (SSSR count). The topological polar surface area (TPSA) is 56.5 Å². The van der Waals surface area contributed by atoms with Crippen molar-refractivity contribution in [3.63, 3.8) is 0 Å². The molecule has 0 aliphatic rings. The third-order valence-corrected chi connectivity index (χ3v) is 2.79. The number of imidazole rings is 1. The average molecular weight is 223 g/mol. The van der Waals surface area contributed by atoms with Crippen LogP contribution in [-0.2, 0) is 9.53 Å². The van der Waals surface area contributed by atoms with Crippen molar-refractivity contribution < 1.29 is 9.53 Å². The number of methoxy groups -OCH3 is 1. The van der Waals surface area contributed by atoms with E-state index in [1.165, 1.54) is 18.9 Å². The quantitative estimate of drug-likeness (QED) is 0.574. The fourth-order valence-corrected chi connectivity index (χ4v) is 1.91. The van der Waals surface area contributed by atoms with E-state index in [1.54, 1.807) is 18.6 Å². The first-order chi connectivity index (χ1) is 7.31. The van der Waals surface area contributed by atoms with Crippen molar-refractivity contribution in [3.05, 3.63) is 24.8 Å². The number of thioether (sulfide) groups is 1. The highest BCUT2D eigenvalue weighted by Crippen LogP contribution is 2.17. The summed E-state index contributed by atoms with van der Waals surface area (Å²) in [5, 5.41) is 0.762. The van der Waals surface area contributed by atoms with Crippen molar-refractivity contribution in [2.45, 2.75) is 5.16 Å². The van der Waals surface area contributed by atoms with Crippen LogP contribution in [0, 0.1) is 0 Å². The van der Waals surface area contributed by atoms with Crippen molar-refractivity contribution in [3.8, 4) is 0 Å². The molecule has 0 atom stereocenters. The summed E-state index contributed by atoms with van der Waals surface area (Å²) in [5.41, 5.74) is 0.907. The predicted molar refractivity (Wildman–Crippen MR) is 55.7 cm³/mol. The van der Waals surface area contributed by atoms with Crippen LogP contribution in [0.3, 0.4) is 0 Å². The fourth-order valence-electron chi connectivity index (χ4n) is 1.12. The Kier molecular flexibility index (Phi) is 2.86. The molecule has 0 bridgehead atoms. The monoisotopic (exact) mass is 223 g/mol. The van der Waals surface area contributed by atoms with Gasteiger partial charge < -0.3 is 4.74 Å². The molecule has 0 aliphatic carbocycles. The molecule has 0 saturated carbocycles. The van der Waals surface area contributed by atoms with Crippen molar-refractivity contribution in [2.24, 2.45) is 0 Å². The zero-order valence-corrected chi connectivity index (χ0v) is 8.90. The number of rotatable bonds is 3. The molecule has 0 radical (unpaired) electrons. The molecule has 0 amide bonds. The van der Waals surface area contributed by atoms with Crippen molar-refractivity contribution in [1.29, 1.82) is 0 Å². The van der Waals surface area contributed by atoms with E-state index < -0.39 is 0 Å². The van der Waals surface area contributed by atoms with Crippen LogP contribution in [0.2, 0.25) is 0 Å². The Bertz CT molecular complexity index is 483. The molecule has 0 N–H and O–H groups in total. The van der Waals surface area contributed by atoms with Crippen LogP contribution in [0.25, 0.3) is 5.52 Å². The van der Waals surface area contributed by atoms with Gasteiger partial charge >= 0.3 is 5.97 Å². The first-order valence-corrected chi connectivity index (χ1v) is 5.26. The Balaban J connectivity index is 2.18. The largest absolute Gasteiger partial charge is 0.468 e. The van der Waals surface area contributed by atoms with Gasteiger partial charge in [-0.15, -0.1) is 0 Å². The summed E-state index contributed by atoms with van der Waals surface area (Å²) in [7, 11) is 1.37. The number of nitrogens with zero attached hydrogens (tertiary/aromatic N) is 3. The lowest BCUT2D eigenvalue weighted by Gasteiger charge is -1.99. The molecule has 2 heterocycles. The number of aromatic nitrogens is 3. The van der Waals surface area contributed by atoms with E-state index in [2.05, 4.69) is 14.7 Å². The molecule has 0 spiro atoms. The average Bonchev–Trinajstić information content (AvgIpc) is 2.69. The Morgan fingerprint density at radius 1 is 1.60 bits per heavy atom. The maximum absolute atomic E-state index is 11.0. The van der Waals surface area contributed by atoms with Crippen LogP contribution in [0.15, 0.2) is 29.9 Å². The highest BCUT2D eigenvalue weighted by atomic mass is 32.2. The molecule has 5 nitrogen and oxygen atoms in total. The van der Waals surface area contributed by atoms with Gasteiger partial charge in [-0.1, -0.05) is 11.8 Å². The van der Waals surface area contributed by atoms with Gasteiger partial charge in [0.25, 0.3) is 0 Å². The lowest BCUT2D eigenvalue weighted by atomic mass is 10.6. The standard InChI is InChI=1S/C9H9N3O2S/c1-14-8(13)6-15-9-11-5-7-4-10-2-3-12(7)9/h2-5H,6H2,1H3. The molecular weight excluding hydrogens is 214 g/mol. The summed E-state index contributed by atoms with van der Waals surface area (Å²) in [6, 6.07) is 0. The van der Waals surface area contributed by atoms with E-state index in [1.807, 2.05) is 10.6 Å². The molecule has 0 aromatic carbocycles. The second-order valence-corrected chi connectivity index (χ2v) is 3.72. The van der Waals surface area contributed by atoms with Crippen molar-refractivity contribution in [2.75, 3.05) is 12.9 Å². The van der Waals surface area contributed by atoms with Gasteiger partial charge in [-0.25, -0.2) is 4.98 Å². The molecular formula is C9H9N3O2S. The van der Waals surface area contributed by atoms with Gasteiger partial charge in [0.1, 0.15) is 0 Å². The van der Waals surface area contributed by atoms with Crippen LogP contribution >= 0.6 is 11.8 Å². The van der Waals surface area contributed by atoms with E-state index in [9.17, 15) is 4.79 Å². The van der Waals surface area contributed by atoms with Gasteiger partial charge in [0.2, 0.25) is 0 Å². The van der Waals surface area contributed by atoms with Crippen molar-refractivity contribution in [1.82, 2.24) is 14.4 Å². The van der Waals surface area contributed by atoms with Gasteiger partial charge in [-0.3, -0.25) is 14.2 Å². The van der Waals surface area contributed by atoms with Crippen LogP contribution in [0.1, 0.15) is 0 Å². The Hall–Kier alpha value is -1.56. The first kappa shape index (κ1) is 9.97. The van der Waals surface area contributed by atoms with Gasteiger partial charge in [-0.2, -0.15) is 0 Å². The van der Waals surface area contributed by atoms with Crippen LogP contribution < -0.4 is 0 Å². The fraction of sp³-hybridized carbons (Fsp3) is 0.222. The Morgan fingerprint density at radius 2 is 2.47 bits per heavy atom. The number of fused-ring (bicyclic) bond motifs is 1. The number of esters is 1. The first-order valence-electron chi connectivity index (χ1n) is 4.28. The predicted octanol–water partition coefficient (Wildman–Crippen LogP) is 0.994. The highest BCUT2D eigenvalue weighted by Gasteiger charge is 2.07. The van der Waals surface area contributed by atoms with Crippen LogP contribution in [0.4, 0.5) is 0 Å². The summed E-state index contributed by atoms with van der Waals surface area (Å²) < 4.78 is 6.43. The molecule has 15 heavy (non-hydrogen) atoms. The van der Waals surface area contributed by atoms with E-state index in [-0.39, 0.29) is 11.7 Å². The number of hydrogen-bond acceptors (Lipinski definition) is 5.